The van der Waals surface area contributed by atoms with Crippen LogP contribution in [0.15, 0.2) is 53.5 Å². The summed E-state index contributed by atoms with van der Waals surface area (Å²) in [5.41, 5.74) is 3.26. The zero-order chi connectivity index (χ0) is 22.3. The molecule has 0 bridgehead atoms. The molecule has 0 saturated heterocycles. The van der Waals surface area contributed by atoms with Gasteiger partial charge in [0.1, 0.15) is 12.4 Å². The molecule has 0 heterocycles. The highest BCUT2D eigenvalue weighted by Crippen LogP contribution is 2.21. The van der Waals surface area contributed by atoms with Gasteiger partial charge in [0, 0.05) is 47.6 Å². The summed E-state index contributed by atoms with van der Waals surface area (Å²) < 4.78 is 23.6. The van der Waals surface area contributed by atoms with Gasteiger partial charge in [0.15, 0.2) is 5.96 Å². The van der Waals surface area contributed by atoms with Gasteiger partial charge in [0.05, 0.1) is 13.2 Å². The van der Waals surface area contributed by atoms with Gasteiger partial charge >= 0.3 is 0 Å². The first-order valence-corrected chi connectivity index (χ1v) is 12.3. The van der Waals surface area contributed by atoms with E-state index in [9.17, 15) is 4.21 Å². The molecule has 6 nitrogen and oxygen atoms in total. The van der Waals surface area contributed by atoms with E-state index in [0.717, 1.165) is 29.0 Å². The van der Waals surface area contributed by atoms with E-state index in [-0.39, 0.29) is 24.0 Å². The Hall–Kier alpha value is -1.65. The normalized spacial score (nSPS) is 12.0. The second kappa shape index (κ2) is 16.9. The van der Waals surface area contributed by atoms with Crippen molar-refractivity contribution in [1.29, 1.82) is 0 Å². The third kappa shape index (κ3) is 11.3. The average Bonchev–Trinajstić information content (AvgIpc) is 2.76. The van der Waals surface area contributed by atoms with Crippen LogP contribution in [0, 0.1) is 6.92 Å². The molecule has 2 aromatic carbocycles. The molecular weight excluding hydrogens is 537 g/mol. The van der Waals surface area contributed by atoms with Crippen LogP contribution < -0.4 is 15.4 Å². The molecule has 0 aliphatic heterocycles. The van der Waals surface area contributed by atoms with Gasteiger partial charge in [-0.2, -0.15) is 0 Å². The molecule has 0 aromatic heterocycles. The molecule has 2 aromatic rings. The fourth-order valence-corrected chi connectivity index (χ4v) is 3.94. The Balaban J connectivity index is 0.00000512. The van der Waals surface area contributed by atoms with Crippen LogP contribution in [0.4, 0.5) is 0 Å². The number of hydrogen-bond donors (Lipinski definition) is 2. The summed E-state index contributed by atoms with van der Waals surface area (Å²) in [5.74, 6) is 2.68. The van der Waals surface area contributed by atoms with E-state index in [1.54, 1.807) is 0 Å². The van der Waals surface area contributed by atoms with Crippen molar-refractivity contribution in [2.24, 2.45) is 4.99 Å². The minimum absolute atomic E-state index is 0. The first-order valence-electron chi connectivity index (χ1n) is 10.8. The summed E-state index contributed by atoms with van der Waals surface area (Å²) >= 11 is 0. The third-order valence-corrected chi connectivity index (χ3v) is 5.77. The van der Waals surface area contributed by atoms with Crippen molar-refractivity contribution in [3.05, 3.63) is 65.2 Å². The zero-order valence-corrected chi connectivity index (χ0v) is 22.4. The van der Waals surface area contributed by atoms with Gasteiger partial charge in [-0.25, -0.2) is 4.99 Å². The van der Waals surface area contributed by atoms with Crippen molar-refractivity contribution >= 4 is 40.7 Å². The Morgan fingerprint density at radius 1 is 1.06 bits per heavy atom. The van der Waals surface area contributed by atoms with Gasteiger partial charge in [-0.3, -0.25) is 4.21 Å². The third-order valence-electron chi connectivity index (χ3n) is 4.46. The maximum atomic E-state index is 12.3. The van der Waals surface area contributed by atoms with Gasteiger partial charge in [-0.05, 0) is 38.0 Å². The summed E-state index contributed by atoms with van der Waals surface area (Å²) in [4.78, 5) is 4.68. The first-order chi connectivity index (χ1) is 15.1. The van der Waals surface area contributed by atoms with Crippen molar-refractivity contribution in [2.45, 2.75) is 33.1 Å². The minimum atomic E-state index is -0.920. The maximum absolute atomic E-state index is 12.3. The molecule has 1 unspecified atom stereocenters. The number of guanidine groups is 1. The number of nitrogens with zero attached hydrogens (tertiary/aromatic N) is 1. The lowest BCUT2D eigenvalue weighted by molar-refractivity contribution is 0.110. The largest absolute Gasteiger partial charge is 0.491 e. The van der Waals surface area contributed by atoms with Gasteiger partial charge in [0.25, 0.3) is 0 Å². The monoisotopic (exact) mass is 573 g/mol. The fourth-order valence-electron chi connectivity index (χ4n) is 2.90. The van der Waals surface area contributed by atoms with Crippen LogP contribution in [0.25, 0.3) is 0 Å². The summed E-state index contributed by atoms with van der Waals surface area (Å²) in [6, 6.07) is 16.1. The first kappa shape index (κ1) is 28.4. The highest BCUT2D eigenvalue weighted by atomic mass is 127. The lowest BCUT2D eigenvalue weighted by Gasteiger charge is -2.14. The molecule has 1 atom stereocenters. The highest BCUT2D eigenvalue weighted by molar-refractivity contribution is 14.0. The molecule has 178 valence electrons. The molecule has 0 spiro atoms. The highest BCUT2D eigenvalue weighted by Gasteiger charge is 2.06. The van der Waals surface area contributed by atoms with E-state index in [4.69, 9.17) is 9.47 Å². The molecule has 0 amide bonds. The van der Waals surface area contributed by atoms with Crippen molar-refractivity contribution in [3.8, 4) is 5.75 Å². The average molecular weight is 574 g/mol. The van der Waals surface area contributed by atoms with Crippen LogP contribution in [0.2, 0.25) is 0 Å². The Morgan fingerprint density at radius 3 is 2.56 bits per heavy atom. The molecule has 32 heavy (non-hydrogen) atoms. The fraction of sp³-hybridized carbons (Fsp3) is 0.458. The van der Waals surface area contributed by atoms with Crippen LogP contribution in [0.5, 0.6) is 5.75 Å². The smallest absolute Gasteiger partial charge is 0.191 e. The van der Waals surface area contributed by atoms with E-state index in [0.29, 0.717) is 50.4 Å². The second-order valence-electron chi connectivity index (χ2n) is 7.05. The standard InChI is InChI=1S/C24H35N3O3S.HI/c1-4-25-24(26-13-16-31(28)19-21-9-7-6-8-10-21)27-18-22-12-11-20(3)17-23(22)30-15-14-29-5-2;/h6-12,17H,4-5,13-16,18-19H2,1-3H3,(H2,25,26,27);1H. The number of rotatable bonds is 13. The molecule has 0 aliphatic carbocycles. The Kier molecular flexibility index (Phi) is 15.0. The van der Waals surface area contributed by atoms with Gasteiger partial charge in [-0.15, -0.1) is 24.0 Å². The van der Waals surface area contributed by atoms with Crippen molar-refractivity contribution < 1.29 is 13.7 Å². The number of ether oxygens (including phenoxy) is 2. The molecular formula is C24H36IN3O3S. The van der Waals surface area contributed by atoms with Gasteiger partial charge in [-0.1, -0.05) is 42.5 Å². The van der Waals surface area contributed by atoms with Gasteiger partial charge in [0.2, 0.25) is 0 Å². The Labute approximate surface area is 212 Å². The number of benzene rings is 2. The molecule has 0 aliphatic rings. The van der Waals surface area contributed by atoms with E-state index in [1.807, 2.05) is 63.2 Å². The van der Waals surface area contributed by atoms with E-state index < -0.39 is 10.8 Å². The zero-order valence-electron chi connectivity index (χ0n) is 19.3. The quantitative estimate of drug-likeness (QED) is 0.164. The maximum Gasteiger partial charge on any atom is 0.191 e. The molecule has 8 heteroatoms. The van der Waals surface area contributed by atoms with Gasteiger partial charge < -0.3 is 20.1 Å². The SMILES string of the molecule is CCNC(=NCc1ccc(C)cc1OCCOCC)NCCS(=O)Cc1ccccc1.I. The van der Waals surface area contributed by atoms with E-state index in [1.165, 1.54) is 0 Å². The summed E-state index contributed by atoms with van der Waals surface area (Å²) in [7, 11) is -0.920. The summed E-state index contributed by atoms with van der Waals surface area (Å²) in [5, 5.41) is 6.53. The van der Waals surface area contributed by atoms with Crippen LogP contribution in [0.1, 0.15) is 30.5 Å². The lowest BCUT2D eigenvalue weighted by Crippen LogP contribution is -2.39. The number of halogens is 1. The topological polar surface area (TPSA) is 72.0 Å². The van der Waals surface area contributed by atoms with Crippen LogP contribution in [0.3, 0.4) is 0 Å². The Bertz CT molecular complexity index is 834. The molecule has 0 saturated carbocycles. The molecule has 0 fully saturated rings. The van der Waals surface area contributed by atoms with E-state index >= 15 is 0 Å². The molecule has 2 N–H and O–H groups in total. The van der Waals surface area contributed by atoms with Crippen molar-refractivity contribution in [3.63, 3.8) is 0 Å². The number of aliphatic imine (C=N–C) groups is 1. The molecule has 0 radical (unpaired) electrons. The second-order valence-corrected chi connectivity index (χ2v) is 8.63. The van der Waals surface area contributed by atoms with E-state index in [2.05, 4.69) is 21.7 Å². The summed E-state index contributed by atoms with van der Waals surface area (Å²) in [6.07, 6.45) is 0. The number of aryl methyl sites for hydroxylation is 1. The lowest BCUT2D eigenvalue weighted by atomic mass is 10.1. The number of nitrogens with one attached hydrogen (secondary N) is 2. The van der Waals surface area contributed by atoms with Crippen LogP contribution in [-0.4, -0.2) is 48.8 Å². The van der Waals surface area contributed by atoms with Crippen molar-refractivity contribution in [2.75, 3.05) is 38.7 Å². The van der Waals surface area contributed by atoms with Crippen molar-refractivity contribution in [1.82, 2.24) is 10.6 Å². The number of hydrogen-bond acceptors (Lipinski definition) is 4. The predicted octanol–water partition coefficient (Wildman–Crippen LogP) is 4.03. The Morgan fingerprint density at radius 2 is 1.84 bits per heavy atom. The van der Waals surface area contributed by atoms with Crippen LogP contribution >= 0.6 is 24.0 Å². The summed E-state index contributed by atoms with van der Waals surface area (Å²) in [6.45, 7) is 9.65. The molecule has 2 rings (SSSR count). The predicted molar refractivity (Wildman–Crippen MR) is 145 cm³/mol. The van der Waals surface area contributed by atoms with Crippen LogP contribution in [-0.2, 0) is 27.8 Å². The minimum Gasteiger partial charge on any atom is -0.491 e.